The van der Waals surface area contributed by atoms with Gasteiger partial charge in [-0.1, -0.05) is 160 Å². The molecule has 0 amide bonds. The normalized spacial score (nSPS) is 11.5. The van der Waals surface area contributed by atoms with Crippen molar-refractivity contribution in [1.82, 2.24) is 9.13 Å². The van der Waals surface area contributed by atoms with Gasteiger partial charge >= 0.3 is 0 Å². The fourth-order valence-corrected chi connectivity index (χ4v) is 11.8. The maximum atomic E-state index is 8.82. The monoisotopic (exact) mass is 950 g/mol. The van der Waals surface area contributed by atoms with Crippen LogP contribution in [0.1, 0.15) is 44.5 Å². The molecule has 0 atom stereocenters. The highest BCUT2D eigenvalue weighted by Gasteiger charge is 2.24. The molecule has 0 unspecified atom stereocenters. The number of rotatable bonds is 7. The van der Waals surface area contributed by atoms with Gasteiger partial charge in [0.2, 0.25) is 0 Å². The van der Waals surface area contributed by atoms with Crippen molar-refractivity contribution in [2.75, 3.05) is 0 Å². The highest BCUT2D eigenvalue weighted by molar-refractivity contribution is 6.14. The average Bonchev–Trinajstić information content (AvgIpc) is 3.88. The van der Waals surface area contributed by atoms with Gasteiger partial charge in [-0.05, 0) is 178 Å². The molecule has 2 aromatic heterocycles. The van der Waals surface area contributed by atoms with Crippen molar-refractivity contribution in [1.29, 1.82) is 0 Å². The maximum Gasteiger partial charge on any atom is 0.197 e. The molecule has 0 fully saturated rings. The van der Waals surface area contributed by atoms with E-state index in [-0.39, 0.29) is 0 Å². The molecule has 0 spiro atoms. The number of aryl methyl sites for hydroxylation is 8. The van der Waals surface area contributed by atoms with E-state index in [2.05, 4.69) is 232 Å². The van der Waals surface area contributed by atoms with Crippen molar-refractivity contribution in [2.45, 2.75) is 55.4 Å². The third-order valence-electron chi connectivity index (χ3n) is 14.7. The SMILES string of the molecule is [C-]#[N+]c1cccc(-c2cc(-n3c4ccc(-c5cc(C)cc(C)c5)cc4c4cc(-c5cc(C)cc(C)c5)ccc43)c(-n3c4ccc(-c5cc(C)cc(C)c5)cc4c4cc(-c5cc(C)cc(C)c5)ccc43)cc2[N+]#[C-])c1. The van der Waals surface area contributed by atoms with Crippen molar-refractivity contribution in [3.05, 3.63) is 249 Å². The molecule has 2 heterocycles. The van der Waals surface area contributed by atoms with E-state index in [0.29, 0.717) is 11.4 Å². The smallest absolute Gasteiger partial charge is 0.197 e. The Hall–Kier alpha value is -9.22. The Balaban J connectivity index is 1.21. The molecule has 12 aromatic rings. The molecule has 0 radical (unpaired) electrons. The molecule has 0 saturated carbocycles. The van der Waals surface area contributed by atoms with Crippen molar-refractivity contribution in [2.24, 2.45) is 0 Å². The molecular weight excluding hydrogens is 897 g/mol. The van der Waals surface area contributed by atoms with Gasteiger partial charge < -0.3 is 9.13 Å². The number of nitrogens with zero attached hydrogens (tertiary/aromatic N) is 4. The molecule has 4 nitrogen and oxygen atoms in total. The standard InChI is InChI=1S/C70H54N4/c1-41-22-42(2)27-54(26-41)49-14-18-65-60(35-49)61-36-50(55-28-43(3)23-44(4)29-55)15-19-66(61)73(65)69-39-59(53-12-11-13-58(34-53)71-9)64(72-10)40-70(69)74-67-20-16-51(56-30-45(5)24-46(6)31-56)37-62(67)63-38-52(17-21-68(63)74)57-32-47(7)25-48(8)33-57/h11-40H,1-8H3. The molecule has 0 saturated heterocycles. The van der Waals surface area contributed by atoms with Crippen LogP contribution >= 0.6 is 0 Å². The lowest BCUT2D eigenvalue weighted by molar-refractivity contribution is 1.10. The molecular formula is C70H54N4. The predicted molar refractivity (Wildman–Crippen MR) is 313 cm³/mol. The summed E-state index contributed by atoms with van der Waals surface area (Å²) in [6.45, 7) is 34.1. The van der Waals surface area contributed by atoms with Crippen LogP contribution in [-0.4, -0.2) is 9.13 Å². The zero-order valence-corrected chi connectivity index (χ0v) is 43.1. The zero-order chi connectivity index (χ0) is 51.1. The Morgan fingerprint density at radius 1 is 0.284 bits per heavy atom. The summed E-state index contributed by atoms with van der Waals surface area (Å²) in [5, 5.41) is 4.53. The maximum absolute atomic E-state index is 8.82. The van der Waals surface area contributed by atoms with Gasteiger partial charge in [-0.2, -0.15) is 0 Å². The van der Waals surface area contributed by atoms with Gasteiger partial charge in [0, 0.05) is 21.5 Å². The first-order valence-electron chi connectivity index (χ1n) is 25.3. The number of hydrogen-bond acceptors (Lipinski definition) is 0. The Morgan fingerprint density at radius 2 is 0.608 bits per heavy atom. The topological polar surface area (TPSA) is 18.6 Å². The van der Waals surface area contributed by atoms with Gasteiger partial charge in [0.05, 0.1) is 46.6 Å². The number of aromatic nitrogens is 2. The van der Waals surface area contributed by atoms with E-state index in [0.717, 1.165) is 88.4 Å². The Bertz CT molecular complexity index is 4130. The lowest BCUT2D eigenvalue weighted by Gasteiger charge is -2.20. The van der Waals surface area contributed by atoms with Crippen LogP contribution in [0.15, 0.2) is 182 Å². The number of fused-ring (bicyclic) bond motifs is 6. The summed E-state index contributed by atoms with van der Waals surface area (Å²) in [4.78, 5) is 8.11. The Labute approximate surface area is 433 Å². The molecule has 4 heteroatoms. The molecule has 0 N–H and O–H groups in total. The first kappa shape index (κ1) is 45.9. The van der Waals surface area contributed by atoms with Crippen LogP contribution in [-0.2, 0) is 0 Å². The van der Waals surface area contributed by atoms with Gasteiger partial charge in [-0.25, -0.2) is 9.69 Å². The predicted octanol–water partition coefficient (Wildman–Crippen LogP) is 19.8. The molecule has 74 heavy (non-hydrogen) atoms. The minimum Gasteiger partial charge on any atom is -0.308 e. The molecule has 12 rings (SSSR count). The summed E-state index contributed by atoms with van der Waals surface area (Å²) < 4.78 is 4.80. The number of hydrogen-bond donors (Lipinski definition) is 0. The fraction of sp³-hybridized carbons (Fsp3) is 0.114. The summed E-state index contributed by atoms with van der Waals surface area (Å²) >= 11 is 0. The quantitative estimate of drug-likeness (QED) is 0.142. The van der Waals surface area contributed by atoms with Crippen LogP contribution in [0.5, 0.6) is 0 Å². The van der Waals surface area contributed by atoms with Gasteiger partial charge in [0.25, 0.3) is 0 Å². The summed E-state index contributed by atoms with van der Waals surface area (Å²) in [6.07, 6.45) is 0. The summed E-state index contributed by atoms with van der Waals surface area (Å²) in [6, 6.07) is 66.6. The third kappa shape index (κ3) is 8.03. The van der Waals surface area contributed by atoms with Crippen molar-refractivity contribution >= 4 is 55.0 Å². The van der Waals surface area contributed by atoms with E-state index in [4.69, 9.17) is 13.1 Å². The molecule has 354 valence electrons. The average molecular weight is 951 g/mol. The first-order chi connectivity index (χ1) is 35.8. The highest BCUT2D eigenvalue weighted by atomic mass is 15.1. The van der Waals surface area contributed by atoms with E-state index >= 15 is 0 Å². The third-order valence-corrected chi connectivity index (χ3v) is 14.7. The lowest BCUT2D eigenvalue weighted by atomic mass is 9.97. The van der Waals surface area contributed by atoms with E-state index in [1.165, 1.54) is 66.8 Å². The molecule has 0 aliphatic carbocycles. The van der Waals surface area contributed by atoms with Gasteiger partial charge in [0.1, 0.15) is 0 Å². The van der Waals surface area contributed by atoms with Gasteiger partial charge in [0.15, 0.2) is 11.4 Å². The second kappa shape index (κ2) is 17.8. The highest BCUT2D eigenvalue weighted by Crippen LogP contribution is 2.46. The van der Waals surface area contributed by atoms with Crippen LogP contribution in [0.2, 0.25) is 0 Å². The van der Waals surface area contributed by atoms with Crippen molar-refractivity contribution in [3.63, 3.8) is 0 Å². The minimum absolute atomic E-state index is 0.509. The lowest BCUT2D eigenvalue weighted by Crippen LogP contribution is -2.04. The summed E-state index contributed by atoms with van der Waals surface area (Å²) in [7, 11) is 0. The first-order valence-corrected chi connectivity index (χ1v) is 25.3. The number of benzene rings is 10. The van der Waals surface area contributed by atoms with Crippen molar-refractivity contribution < 1.29 is 0 Å². The van der Waals surface area contributed by atoms with E-state index in [1.807, 2.05) is 24.3 Å². The van der Waals surface area contributed by atoms with Crippen molar-refractivity contribution in [3.8, 4) is 67.0 Å². The van der Waals surface area contributed by atoms with Gasteiger partial charge in [-0.3, -0.25) is 0 Å². The summed E-state index contributed by atoms with van der Waals surface area (Å²) in [5.74, 6) is 0. The van der Waals surface area contributed by atoms with E-state index in [1.54, 1.807) is 0 Å². The van der Waals surface area contributed by atoms with Crippen LogP contribution in [0.4, 0.5) is 11.4 Å². The van der Waals surface area contributed by atoms with Crippen LogP contribution < -0.4 is 0 Å². The zero-order valence-electron chi connectivity index (χ0n) is 43.1. The Kier molecular flexibility index (Phi) is 11.0. The van der Waals surface area contributed by atoms with E-state index < -0.39 is 0 Å². The minimum atomic E-state index is 0.509. The van der Waals surface area contributed by atoms with Crippen LogP contribution in [0.25, 0.3) is 120 Å². The Morgan fingerprint density at radius 3 is 0.919 bits per heavy atom. The second-order valence-corrected chi connectivity index (χ2v) is 20.7. The molecule has 0 aliphatic rings. The largest absolute Gasteiger partial charge is 0.308 e. The molecule has 10 aromatic carbocycles. The fourth-order valence-electron chi connectivity index (χ4n) is 11.8. The molecule has 0 aliphatic heterocycles. The van der Waals surface area contributed by atoms with Crippen LogP contribution in [0, 0.1) is 68.5 Å². The second-order valence-electron chi connectivity index (χ2n) is 20.7. The van der Waals surface area contributed by atoms with Gasteiger partial charge in [-0.15, -0.1) is 0 Å². The van der Waals surface area contributed by atoms with Crippen LogP contribution in [0.3, 0.4) is 0 Å². The van der Waals surface area contributed by atoms with E-state index in [9.17, 15) is 0 Å². The summed E-state index contributed by atoms with van der Waals surface area (Å²) in [5.41, 5.74) is 27.8. The molecule has 0 bridgehead atoms.